The summed E-state index contributed by atoms with van der Waals surface area (Å²) < 4.78 is 0. The standard InChI is InChI=1S/C16H17Cl/c1-11(2)14-10-16(17)12(3)9-15(14)13-7-5-4-6-8-13/h4-11H,1-3H3. The minimum absolute atomic E-state index is 0.475. The van der Waals surface area contributed by atoms with E-state index in [0.717, 1.165) is 10.6 Å². The monoisotopic (exact) mass is 244 g/mol. The molecule has 0 radical (unpaired) electrons. The average Bonchev–Trinajstić information content (AvgIpc) is 2.33. The zero-order chi connectivity index (χ0) is 12.4. The Labute approximate surface area is 108 Å². The Balaban J connectivity index is 2.64. The maximum atomic E-state index is 6.22. The van der Waals surface area contributed by atoms with Gasteiger partial charge in [0, 0.05) is 5.02 Å². The summed E-state index contributed by atoms with van der Waals surface area (Å²) >= 11 is 6.22. The predicted octanol–water partition coefficient (Wildman–Crippen LogP) is 5.44. The summed E-state index contributed by atoms with van der Waals surface area (Å²) in [4.78, 5) is 0. The molecular formula is C16H17Cl. The Bertz CT molecular complexity index is 513. The van der Waals surface area contributed by atoms with Gasteiger partial charge in [-0.3, -0.25) is 0 Å². The highest BCUT2D eigenvalue weighted by Gasteiger charge is 2.10. The van der Waals surface area contributed by atoms with Gasteiger partial charge in [-0.15, -0.1) is 0 Å². The van der Waals surface area contributed by atoms with Crippen molar-refractivity contribution in [3.8, 4) is 11.1 Å². The van der Waals surface area contributed by atoms with Crippen molar-refractivity contribution in [3.05, 3.63) is 58.6 Å². The fourth-order valence-electron chi connectivity index (χ4n) is 2.04. The van der Waals surface area contributed by atoms with Gasteiger partial charge >= 0.3 is 0 Å². The molecule has 88 valence electrons. The lowest BCUT2D eigenvalue weighted by Crippen LogP contribution is -1.94. The molecule has 0 aliphatic rings. The second kappa shape index (κ2) is 4.93. The number of hydrogen-bond acceptors (Lipinski definition) is 0. The molecule has 0 heterocycles. The van der Waals surface area contributed by atoms with E-state index in [2.05, 4.69) is 57.2 Å². The smallest absolute Gasteiger partial charge is 0.0438 e. The fourth-order valence-corrected chi connectivity index (χ4v) is 2.21. The molecule has 0 N–H and O–H groups in total. The maximum Gasteiger partial charge on any atom is 0.0438 e. The summed E-state index contributed by atoms with van der Waals surface area (Å²) in [5.41, 5.74) is 5.00. The molecule has 2 aromatic rings. The van der Waals surface area contributed by atoms with Gasteiger partial charge < -0.3 is 0 Å². The van der Waals surface area contributed by atoms with Crippen LogP contribution < -0.4 is 0 Å². The van der Waals surface area contributed by atoms with Crippen LogP contribution in [0.1, 0.15) is 30.9 Å². The van der Waals surface area contributed by atoms with Gasteiger partial charge in [-0.2, -0.15) is 0 Å². The van der Waals surface area contributed by atoms with E-state index in [1.54, 1.807) is 0 Å². The zero-order valence-electron chi connectivity index (χ0n) is 10.5. The van der Waals surface area contributed by atoms with E-state index in [0.29, 0.717) is 5.92 Å². The van der Waals surface area contributed by atoms with Crippen LogP contribution in [0.5, 0.6) is 0 Å². The van der Waals surface area contributed by atoms with Crippen LogP contribution in [0.15, 0.2) is 42.5 Å². The summed E-state index contributed by atoms with van der Waals surface area (Å²) in [6.45, 7) is 6.46. The van der Waals surface area contributed by atoms with Crippen LogP contribution >= 0.6 is 11.6 Å². The molecule has 0 saturated carbocycles. The van der Waals surface area contributed by atoms with Crippen LogP contribution in [0.25, 0.3) is 11.1 Å². The van der Waals surface area contributed by atoms with Crippen molar-refractivity contribution in [1.82, 2.24) is 0 Å². The molecule has 0 bridgehead atoms. The summed E-state index contributed by atoms with van der Waals surface area (Å²) in [6.07, 6.45) is 0. The molecule has 0 aromatic heterocycles. The summed E-state index contributed by atoms with van der Waals surface area (Å²) in [7, 11) is 0. The first kappa shape index (κ1) is 12.2. The quantitative estimate of drug-likeness (QED) is 0.660. The Kier molecular flexibility index (Phi) is 3.54. The van der Waals surface area contributed by atoms with Crippen LogP contribution in [0.4, 0.5) is 0 Å². The minimum Gasteiger partial charge on any atom is -0.0840 e. The van der Waals surface area contributed by atoms with E-state index in [4.69, 9.17) is 11.6 Å². The normalized spacial score (nSPS) is 10.9. The van der Waals surface area contributed by atoms with E-state index in [1.165, 1.54) is 16.7 Å². The Morgan fingerprint density at radius 3 is 2.24 bits per heavy atom. The molecule has 0 amide bonds. The second-order valence-corrected chi connectivity index (χ2v) is 5.12. The molecule has 0 atom stereocenters. The van der Waals surface area contributed by atoms with E-state index >= 15 is 0 Å². The molecule has 0 unspecified atom stereocenters. The third-order valence-corrected chi connectivity index (χ3v) is 3.44. The van der Waals surface area contributed by atoms with Gasteiger partial charge in [0.2, 0.25) is 0 Å². The first-order valence-corrected chi connectivity index (χ1v) is 6.33. The van der Waals surface area contributed by atoms with Gasteiger partial charge in [-0.25, -0.2) is 0 Å². The third-order valence-electron chi connectivity index (χ3n) is 3.04. The third kappa shape index (κ3) is 2.53. The lowest BCUT2D eigenvalue weighted by Gasteiger charge is -2.15. The largest absolute Gasteiger partial charge is 0.0840 e. The fraction of sp³-hybridized carbons (Fsp3) is 0.250. The summed E-state index contributed by atoms with van der Waals surface area (Å²) in [5, 5.41) is 0.855. The number of hydrogen-bond donors (Lipinski definition) is 0. The highest BCUT2D eigenvalue weighted by molar-refractivity contribution is 6.31. The van der Waals surface area contributed by atoms with Crippen molar-refractivity contribution in [2.24, 2.45) is 0 Å². The van der Waals surface area contributed by atoms with Crippen molar-refractivity contribution in [2.75, 3.05) is 0 Å². The Morgan fingerprint density at radius 2 is 1.65 bits per heavy atom. The topological polar surface area (TPSA) is 0 Å². The van der Waals surface area contributed by atoms with Crippen LogP contribution in [-0.2, 0) is 0 Å². The van der Waals surface area contributed by atoms with E-state index in [1.807, 2.05) is 6.07 Å². The molecule has 0 aliphatic heterocycles. The van der Waals surface area contributed by atoms with Crippen LogP contribution in [-0.4, -0.2) is 0 Å². The molecule has 0 fully saturated rings. The van der Waals surface area contributed by atoms with Crippen molar-refractivity contribution >= 4 is 11.6 Å². The van der Waals surface area contributed by atoms with Crippen LogP contribution in [0, 0.1) is 6.92 Å². The van der Waals surface area contributed by atoms with Gasteiger partial charge in [-0.1, -0.05) is 55.8 Å². The highest BCUT2D eigenvalue weighted by Crippen LogP contribution is 2.33. The number of halogens is 1. The van der Waals surface area contributed by atoms with Crippen molar-refractivity contribution < 1.29 is 0 Å². The summed E-state index contributed by atoms with van der Waals surface area (Å²) in [6, 6.07) is 14.8. The van der Waals surface area contributed by atoms with Gasteiger partial charge in [0.05, 0.1) is 0 Å². The van der Waals surface area contributed by atoms with Gasteiger partial charge in [0.15, 0.2) is 0 Å². The number of aryl methyl sites for hydroxylation is 1. The van der Waals surface area contributed by atoms with E-state index in [-0.39, 0.29) is 0 Å². The predicted molar refractivity (Wildman–Crippen MR) is 75.7 cm³/mol. The van der Waals surface area contributed by atoms with Gasteiger partial charge in [0.25, 0.3) is 0 Å². The lowest BCUT2D eigenvalue weighted by molar-refractivity contribution is 0.868. The first-order chi connectivity index (χ1) is 8.09. The second-order valence-electron chi connectivity index (χ2n) is 4.71. The van der Waals surface area contributed by atoms with Gasteiger partial charge in [0.1, 0.15) is 0 Å². The van der Waals surface area contributed by atoms with E-state index in [9.17, 15) is 0 Å². The van der Waals surface area contributed by atoms with Crippen LogP contribution in [0.2, 0.25) is 5.02 Å². The molecule has 0 nitrogen and oxygen atoms in total. The Morgan fingerprint density at radius 1 is 1.00 bits per heavy atom. The molecule has 17 heavy (non-hydrogen) atoms. The molecule has 0 aliphatic carbocycles. The lowest BCUT2D eigenvalue weighted by atomic mass is 9.91. The molecular weight excluding hydrogens is 228 g/mol. The SMILES string of the molecule is Cc1cc(-c2ccccc2)c(C(C)C)cc1Cl. The first-order valence-electron chi connectivity index (χ1n) is 5.95. The van der Waals surface area contributed by atoms with Crippen molar-refractivity contribution in [3.63, 3.8) is 0 Å². The highest BCUT2D eigenvalue weighted by atomic mass is 35.5. The van der Waals surface area contributed by atoms with Crippen LogP contribution in [0.3, 0.4) is 0 Å². The molecule has 2 rings (SSSR count). The number of rotatable bonds is 2. The molecule has 0 saturated heterocycles. The zero-order valence-corrected chi connectivity index (χ0v) is 11.3. The molecule has 2 aromatic carbocycles. The van der Waals surface area contributed by atoms with Crippen molar-refractivity contribution in [1.29, 1.82) is 0 Å². The average molecular weight is 245 g/mol. The molecule has 0 spiro atoms. The summed E-state index contributed by atoms with van der Waals surface area (Å²) in [5.74, 6) is 0.475. The molecule has 1 heteroatoms. The van der Waals surface area contributed by atoms with E-state index < -0.39 is 0 Å². The maximum absolute atomic E-state index is 6.22. The number of benzene rings is 2. The van der Waals surface area contributed by atoms with Gasteiger partial charge in [-0.05, 0) is 47.2 Å². The minimum atomic E-state index is 0.475. The Hall–Kier alpha value is -1.27. The van der Waals surface area contributed by atoms with Crippen molar-refractivity contribution in [2.45, 2.75) is 26.7 Å².